The monoisotopic (exact) mass is 513 g/mol. The van der Waals surface area contributed by atoms with Gasteiger partial charge in [-0.1, -0.05) is 36.4 Å². The Balaban J connectivity index is 1.61. The summed E-state index contributed by atoms with van der Waals surface area (Å²) in [4.78, 5) is 52.1. The van der Waals surface area contributed by atoms with Crippen molar-refractivity contribution >= 4 is 34.0 Å². The molecule has 8 heteroatoms. The molecule has 3 aromatic rings. The van der Waals surface area contributed by atoms with Gasteiger partial charge in [-0.2, -0.15) is 0 Å². The standard InChI is InChI=1S/C30H27NO7/c1-15-10-11-17-8-6-7-9-18(17)19(15)14-31-29(35)25-21(36-4)13-22(37-5)26-27(25)38-23-12-20(33)24(16(2)32)28(34)30(23,26)3/h6-13,24H,14H2,1-5H3,(H,31,35)/t24?,30-/m1/s1. The van der Waals surface area contributed by atoms with Crippen LogP contribution in [0.1, 0.15) is 40.9 Å². The van der Waals surface area contributed by atoms with Crippen molar-refractivity contribution in [2.75, 3.05) is 14.2 Å². The van der Waals surface area contributed by atoms with E-state index in [2.05, 4.69) is 5.32 Å². The quantitative estimate of drug-likeness (QED) is 0.497. The second kappa shape index (κ2) is 9.13. The molecule has 2 aliphatic rings. The SMILES string of the molecule is COc1cc(OC)c2c(c1C(=O)NCc1c(C)ccc3ccccc13)OC1=CC(=O)C(C(C)=O)C(=O)[C@]12C. The molecular weight excluding hydrogens is 486 g/mol. The fourth-order valence-corrected chi connectivity index (χ4v) is 5.43. The van der Waals surface area contributed by atoms with Gasteiger partial charge in [0.1, 0.15) is 39.9 Å². The van der Waals surface area contributed by atoms with E-state index >= 15 is 0 Å². The lowest BCUT2D eigenvalue weighted by Crippen LogP contribution is -2.47. The van der Waals surface area contributed by atoms with E-state index in [0.29, 0.717) is 0 Å². The molecule has 1 aliphatic carbocycles. The van der Waals surface area contributed by atoms with E-state index in [4.69, 9.17) is 14.2 Å². The van der Waals surface area contributed by atoms with E-state index in [1.54, 1.807) is 6.92 Å². The highest BCUT2D eigenvalue weighted by Crippen LogP contribution is 2.56. The van der Waals surface area contributed by atoms with Crippen molar-refractivity contribution in [2.24, 2.45) is 5.92 Å². The molecule has 1 aliphatic heterocycles. The number of ketones is 3. The van der Waals surface area contributed by atoms with Crippen LogP contribution in [0.25, 0.3) is 10.8 Å². The Morgan fingerprint density at radius 2 is 1.76 bits per heavy atom. The van der Waals surface area contributed by atoms with Crippen molar-refractivity contribution in [3.63, 3.8) is 0 Å². The van der Waals surface area contributed by atoms with Gasteiger partial charge in [-0.3, -0.25) is 19.2 Å². The lowest BCUT2D eigenvalue weighted by molar-refractivity contribution is -0.140. The summed E-state index contributed by atoms with van der Waals surface area (Å²) in [5.41, 5.74) is 0.850. The number of allylic oxidation sites excluding steroid dienone is 2. The summed E-state index contributed by atoms with van der Waals surface area (Å²) in [7, 11) is 2.83. The van der Waals surface area contributed by atoms with E-state index in [-0.39, 0.29) is 40.7 Å². The Morgan fingerprint density at radius 3 is 2.45 bits per heavy atom. The van der Waals surface area contributed by atoms with E-state index in [9.17, 15) is 19.2 Å². The van der Waals surface area contributed by atoms with Crippen LogP contribution >= 0.6 is 0 Å². The Morgan fingerprint density at radius 1 is 1.05 bits per heavy atom. The fourth-order valence-electron chi connectivity index (χ4n) is 5.43. The van der Waals surface area contributed by atoms with Crippen LogP contribution in [0, 0.1) is 12.8 Å². The van der Waals surface area contributed by atoms with Crippen LogP contribution in [0.2, 0.25) is 0 Å². The summed E-state index contributed by atoms with van der Waals surface area (Å²) in [5, 5.41) is 5.05. The molecule has 0 bridgehead atoms. The molecule has 0 spiro atoms. The molecule has 8 nitrogen and oxygen atoms in total. The summed E-state index contributed by atoms with van der Waals surface area (Å²) >= 11 is 0. The first-order valence-electron chi connectivity index (χ1n) is 12.2. The number of Topliss-reactive ketones (excluding diaryl/α,β-unsaturated/α-hetero) is 2. The minimum absolute atomic E-state index is 0.0468. The number of fused-ring (bicyclic) bond motifs is 4. The molecule has 0 radical (unpaired) electrons. The van der Waals surface area contributed by atoms with Crippen LogP contribution in [-0.2, 0) is 26.3 Å². The van der Waals surface area contributed by atoms with Crippen molar-refractivity contribution in [3.8, 4) is 17.2 Å². The molecular formula is C30H27NO7. The highest BCUT2D eigenvalue weighted by atomic mass is 16.5. The van der Waals surface area contributed by atoms with Crippen molar-refractivity contribution in [3.05, 3.63) is 76.6 Å². The van der Waals surface area contributed by atoms with Gasteiger partial charge < -0.3 is 19.5 Å². The fraction of sp³-hybridized carbons (Fsp3) is 0.267. The first-order valence-corrected chi connectivity index (χ1v) is 12.2. The summed E-state index contributed by atoms with van der Waals surface area (Å²) in [6, 6.07) is 13.5. The lowest BCUT2D eigenvalue weighted by Gasteiger charge is -2.30. The van der Waals surface area contributed by atoms with Crippen LogP contribution in [0.15, 0.2) is 54.3 Å². The van der Waals surface area contributed by atoms with E-state index in [1.165, 1.54) is 33.3 Å². The maximum Gasteiger partial charge on any atom is 0.259 e. The second-order valence-corrected chi connectivity index (χ2v) is 9.67. The number of nitrogens with one attached hydrogen (secondary N) is 1. The first-order chi connectivity index (χ1) is 18.1. The molecule has 38 heavy (non-hydrogen) atoms. The van der Waals surface area contributed by atoms with Crippen LogP contribution in [0.5, 0.6) is 17.2 Å². The third-order valence-electron chi connectivity index (χ3n) is 7.50. The van der Waals surface area contributed by atoms with Crippen LogP contribution in [0.4, 0.5) is 0 Å². The number of methoxy groups -OCH3 is 2. The Kier molecular flexibility index (Phi) is 6.06. The Hall–Kier alpha value is -4.46. The number of hydrogen-bond donors (Lipinski definition) is 1. The van der Waals surface area contributed by atoms with Gasteiger partial charge in [-0.15, -0.1) is 0 Å². The van der Waals surface area contributed by atoms with Crippen molar-refractivity contribution in [2.45, 2.75) is 32.7 Å². The van der Waals surface area contributed by atoms with E-state index < -0.39 is 34.6 Å². The number of benzene rings is 3. The predicted molar refractivity (Wildman–Crippen MR) is 140 cm³/mol. The molecule has 0 aromatic heterocycles. The average molecular weight is 514 g/mol. The van der Waals surface area contributed by atoms with Gasteiger partial charge in [-0.25, -0.2) is 0 Å². The lowest BCUT2D eigenvalue weighted by atomic mass is 9.67. The maximum atomic E-state index is 13.7. The van der Waals surface area contributed by atoms with Crippen LogP contribution in [0.3, 0.4) is 0 Å². The highest BCUT2D eigenvalue weighted by molar-refractivity contribution is 6.27. The number of carbonyl (C=O) groups is 4. The van der Waals surface area contributed by atoms with E-state index in [0.717, 1.165) is 21.9 Å². The van der Waals surface area contributed by atoms with Crippen molar-refractivity contribution < 1.29 is 33.4 Å². The number of aryl methyl sites for hydroxylation is 1. The van der Waals surface area contributed by atoms with Crippen molar-refractivity contribution in [1.29, 1.82) is 0 Å². The molecule has 0 saturated heterocycles. The number of hydrogen-bond acceptors (Lipinski definition) is 7. The average Bonchev–Trinajstić information content (AvgIpc) is 3.19. The summed E-state index contributed by atoms with van der Waals surface area (Å²) in [5.74, 6) is -3.22. The molecule has 1 amide bonds. The van der Waals surface area contributed by atoms with Gasteiger partial charge >= 0.3 is 0 Å². The molecule has 5 rings (SSSR count). The summed E-state index contributed by atoms with van der Waals surface area (Å²) in [6.45, 7) is 5.00. The first kappa shape index (κ1) is 25.2. The van der Waals surface area contributed by atoms with Gasteiger partial charge in [0.15, 0.2) is 17.3 Å². The third-order valence-corrected chi connectivity index (χ3v) is 7.50. The number of ether oxygens (including phenoxy) is 3. The molecule has 0 saturated carbocycles. The third kappa shape index (κ3) is 3.59. The van der Waals surface area contributed by atoms with Crippen molar-refractivity contribution in [1.82, 2.24) is 5.32 Å². The van der Waals surface area contributed by atoms with Gasteiger partial charge in [0, 0.05) is 18.7 Å². The highest BCUT2D eigenvalue weighted by Gasteiger charge is 2.58. The van der Waals surface area contributed by atoms with Gasteiger partial charge in [0.25, 0.3) is 5.91 Å². The summed E-state index contributed by atoms with van der Waals surface area (Å²) in [6.07, 6.45) is 1.17. The van der Waals surface area contributed by atoms with Crippen LogP contribution in [-0.4, -0.2) is 37.5 Å². The minimum Gasteiger partial charge on any atom is -0.496 e. The zero-order valence-corrected chi connectivity index (χ0v) is 21.8. The van der Waals surface area contributed by atoms with Crippen LogP contribution < -0.4 is 19.5 Å². The Labute approximate surface area is 219 Å². The Bertz CT molecular complexity index is 1590. The number of rotatable bonds is 6. The molecule has 1 N–H and O–H groups in total. The van der Waals surface area contributed by atoms with E-state index in [1.807, 2.05) is 43.3 Å². The smallest absolute Gasteiger partial charge is 0.259 e. The zero-order chi connectivity index (χ0) is 27.4. The molecule has 1 heterocycles. The predicted octanol–water partition coefficient (Wildman–Crippen LogP) is 3.99. The van der Waals surface area contributed by atoms with Gasteiger partial charge in [-0.05, 0) is 42.7 Å². The maximum absolute atomic E-state index is 13.7. The second-order valence-electron chi connectivity index (χ2n) is 9.67. The topological polar surface area (TPSA) is 108 Å². The molecule has 194 valence electrons. The van der Waals surface area contributed by atoms with Gasteiger partial charge in [0.2, 0.25) is 0 Å². The normalized spacial score (nSPS) is 19.8. The number of carbonyl (C=O) groups excluding carboxylic acids is 4. The molecule has 0 fully saturated rings. The molecule has 1 unspecified atom stereocenters. The summed E-state index contributed by atoms with van der Waals surface area (Å²) < 4.78 is 17.2. The minimum atomic E-state index is -1.49. The molecule has 2 atom stereocenters. The molecule has 3 aromatic carbocycles. The number of amides is 1. The largest absolute Gasteiger partial charge is 0.496 e. The van der Waals surface area contributed by atoms with Gasteiger partial charge in [0.05, 0.1) is 19.8 Å². The zero-order valence-electron chi connectivity index (χ0n) is 21.8.